The predicted molar refractivity (Wildman–Crippen MR) is 62.2 cm³/mol. The second kappa shape index (κ2) is 5.15. The standard InChI is InChI=1S/C12H22N2O2/c1-3-11-8-14(6-7-16-11)9(2)12(15)13-10-4-5-10/h9-11H,3-8H2,1-2H3,(H,13,15). The lowest BCUT2D eigenvalue weighted by molar-refractivity contribution is -0.129. The van der Waals surface area contributed by atoms with Crippen LogP contribution < -0.4 is 5.32 Å². The number of morpholine rings is 1. The Morgan fingerprint density at radius 3 is 2.94 bits per heavy atom. The maximum atomic E-state index is 11.9. The molecule has 0 radical (unpaired) electrons. The van der Waals surface area contributed by atoms with Gasteiger partial charge in [-0.25, -0.2) is 0 Å². The van der Waals surface area contributed by atoms with Gasteiger partial charge in [-0.05, 0) is 26.2 Å². The van der Waals surface area contributed by atoms with Crippen LogP contribution in [-0.2, 0) is 9.53 Å². The van der Waals surface area contributed by atoms with Crippen molar-refractivity contribution in [1.82, 2.24) is 10.2 Å². The first kappa shape index (κ1) is 11.9. The van der Waals surface area contributed by atoms with Crippen molar-refractivity contribution < 1.29 is 9.53 Å². The second-order valence-corrected chi connectivity index (χ2v) is 4.85. The fourth-order valence-electron chi connectivity index (χ4n) is 2.06. The average molecular weight is 226 g/mol. The molecule has 0 bridgehead atoms. The minimum Gasteiger partial charge on any atom is -0.376 e. The Kier molecular flexibility index (Phi) is 3.82. The lowest BCUT2D eigenvalue weighted by atomic mass is 10.1. The summed E-state index contributed by atoms with van der Waals surface area (Å²) in [5.41, 5.74) is 0. The fraction of sp³-hybridized carbons (Fsp3) is 0.917. The van der Waals surface area contributed by atoms with E-state index in [0.29, 0.717) is 12.1 Å². The first-order valence-electron chi connectivity index (χ1n) is 6.36. The summed E-state index contributed by atoms with van der Waals surface area (Å²) in [6, 6.07) is 0.441. The van der Waals surface area contributed by atoms with Crippen molar-refractivity contribution in [2.24, 2.45) is 0 Å². The van der Waals surface area contributed by atoms with Crippen molar-refractivity contribution in [2.45, 2.75) is 51.3 Å². The van der Waals surface area contributed by atoms with Gasteiger partial charge in [-0.15, -0.1) is 0 Å². The van der Waals surface area contributed by atoms with Crippen LogP contribution in [0.15, 0.2) is 0 Å². The van der Waals surface area contributed by atoms with Gasteiger partial charge < -0.3 is 10.1 Å². The normalized spacial score (nSPS) is 28.8. The van der Waals surface area contributed by atoms with E-state index in [9.17, 15) is 4.79 Å². The molecule has 92 valence electrons. The van der Waals surface area contributed by atoms with E-state index < -0.39 is 0 Å². The fourth-order valence-corrected chi connectivity index (χ4v) is 2.06. The predicted octanol–water partition coefficient (Wildman–Crippen LogP) is 0.764. The molecule has 4 heteroatoms. The molecular formula is C12H22N2O2. The van der Waals surface area contributed by atoms with E-state index in [1.54, 1.807) is 0 Å². The van der Waals surface area contributed by atoms with Gasteiger partial charge in [0, 0.05) is 19.1 Å². The monoisotopic (exact) mass is 226 g/mol. The van der Waals surface area contributed by atoms with Gasteiger partial charge in [-0.1, -0.05) is 6.92 Å². The largest absolute Gasteiger partial charge is 0.376 e. The van der Waals surface area contributed by atoms with Gasteiger partial charge in [0.2, 0.25) is 5.91 Å². The zero-order valence-corrected chi connectivity index (χ0v) is 10.2. The Labute approximate surface area is 97.3 Å². The van der Waals surface area contributed by atoms with Crippen LogP contribution >= 0.6 is 0 Å². The van der Waals surface area contributed by atoms with Gasteiger partial charge in [0.05, 0.1) is 18.8 Å². The summed E-state index contributed by atoms with van der Waals surface area (Å²) in [4.78, 5) is 14.1. The molecule has 1 heterocycles. The highest BCUT2D eigenvalue weighted by atomic mass is 16.5. The highest BCUT2D eigenvalue weighted by Gasteiger charge is 2.30. The maximum absolute atomic E-state index is 11.9. The molecule has 2 unspecified atom stereocenters. The van der Waals surface area contributed by atoms with Crippen LogP contribution in [0.2, 0.25) is 0 Å². The number of ether oxygens (including phenoxy) is 1. The number of carbonyl (C=O) groups excluding carboxylic acids is 1. The molecule has 0 aromatic carbocycles. The quantitative estimate of drug-likeness (QED) is 0.769. The average Bonchev–Trinajstić information content (AvgIpc) is 3.12. The first-order valence-corrected chi connectivity index (χ1v) is 6.36. The van der Waals surface area contributed by atoms with Crippen molar-refractivity contribution in [3.05, 3.63) is 0 Å². The van der Waals surface area contributed by atoms with E-state index in [1.807, 2.05) is 6.92 Å². The summed E-state index contributed by atoms with van der Waals surface area (Å²) in [6.07, 6.45) is 3.62. The molecule has 1 saturated heterocycles. The number of nitrogens with one attached hydrogen (secondary N) is 1. The molecule has 1 amide bonds. The van der Waals surface area contributed by atoms with Gasteiger partial charge in [0.15, 0.2) is 0 Å². The molecule has 0 aromatic rings. The lowest BCUT2D eigenvalue weighted by Gasteiger charge is -2.35. The third-order valence-corrected chi connectivity index (χ3v) is 3.48. The molecule has 1 aliphatic carbocycles. The van der Waals surface area contributed by atoms with Crippen molar-refractivity contribution >= 4 is 5.91 Å². The third-order valence-electron chi connectivity index (χ3n) is 3.48. The highest BCUT2D eigenvalue weighted by Crippen LogP contribution is 2.19. The van der Waals surface area contributed by atoms with Crippen LogP contribution in [-0.4, -0.2) is 48.7 Å². The first-order chi connectivity index (χ1) is 7.70. The zero-order valence-electron chi connectivity index (χ0n) is 10.2. The summed E-state index contributed by atoms with van der Waals surface area (Å²) in [7, 11) is 0. The van der Waals surface area contributed by atoms with E-state index >= 15 is 0 Å². The molecule has 2 atom stereocenters. The van der Waals surface area contributed by atoms with Crippen molar-refractivity contribution in [1.29, 1.82) is 0 Å². The van der Waals surface area contributed by atoms with Crippen LogP contribution in [0.4, 0.5) is 0 Å². The van der Waals surface area contributed by atoms with Gasteiger partial charge in [-0.3, -0.25) is 9.69 Å². The SMILES string of the molecule is CCC1CN(C(C)C(=O)NC2CC2)CCO1. The zero-order chi connectivity index (χ0) is 11.5. The van der Waals surface area contributed by atoms with Crippen molar-refractivity contribution in [2.75, 3.05) is 19.7 Å². The van der Waals surface area contributed by atoms with Crippen LogP contribution in [0.3, 0.4) is 0 Å². The molecule has 0 aromatic heterocycles. The highest BCUT2D eigenvalue weighted by molar-refractivity contribution is 5.81. The molecule has 2 rings (SSSR count). The summed E-state index contributed by atoms with van der Waals surface area (Å²) >= 11 is 0. The van der Waals surface area contributed by atoms with Crippen LogP contribution in [0, 0.1) is 0 Å². The summed E-state index contributed by atoms with van der Waals surface area (Å²) in [5.74, 6) is 0.180. The second-order valence-electron chi connectivity index (χ2n) is 4.85. The molecular weight excluding hydrogens is 204 g/mol. The van der Waals surface area contributed by atoms with E-state index in [2.05, 4.69) is 17.1 Å². The van der Waals surface area contributed by atoms with Gasteiger partial charge >= 0.3 is 0 Å². The van der Waals surface area contributed by atoms with E-state index in [0.717, 1.165) is 39.0 Å². The molecule has 2 fully saturated rings. The van der Waals surface area contributed by atoms with Crippen LogP contribution in [0.1, 0.15) is 33.1 Å². The van der Waals surface area contributed by atoms with Gasteiger partial charge in [0.1, 0.15) is 0 Å². The Bertz CT molecular complexity index is 253. The number of hydrogen-bond donors (Lipinski definition) is 1. The summed E-state index contributed by atoms with van der Waals surface area (Å²) in [5, 5.41) is 3.06. The minimum absolute atomic E-state index is 0.0152. The number of carbonyl (C=O) groups is 1. The van der Waals surface area contributed by atoms with E-state index in [-0.39, 0.29) is 11.9 Å². The van der Waals surface area contributed by atoms with Gasteiger partial charge in [0.25, 0.3) is 0 Å². The number of hydrogen-bond acceptors (Lipinski definition) is 3. The topological polar surface area (TPSA) is 41.6 Å². The van der Waals surface area contributed by atoms with Crippen molar-refractivity contribution in [3.63, 3.8) is 0 Å². The Morgan fingerprint density at radius 2 is 2.31 bits per heavy atom. The maximum Gasteiger partial charge on any atom is 0.237 e. The van der Waals surface area contributed by atoms with E-state index in [4.69, 9.17) is 4.74 Å². The van der Waals surface area contributed by atoms with Crippen LogP contribution in [0.25, 0.3) is 0 Å². The minimum atomic E-state index is -0.0152. The number of nitrogens with zero attached hydrogens (tertiary/aromatic N) is 1. The Balaban J connectivity index is 1.82. The smallest absolute Gasteiger partial charge is 0.237 e. The van der Waals surface area contributed by atoms with Crippen molar-refractivity contribution in [3.8, 4) is 0 Å². The van der Waals surface area contributed by atoms with E-state index in [1.165, 1.54) is 0 Å². The molecule has 1 saturated carbocycles. The molecule has 16 heavy (non-hydrogen) atoms. The molecule has 1 aliphatic heterocycles. The summed E-state index contributed by atoms with van der Waals surface area (Å²) in [6.45, 7) is 6.63. The molecule has 1 N–H and O–H groups in total. The number of amides is 1. The Morgan fingerprint density at radius 1 is 1.56 bits per heavy atom. The third kappa shape index (κ3) is 2.95. The van der Waals surface area contributed by atoms with Crippen LogP contribution in [0.5, 0.6) is 0 Å². The molecule has 0 spiro atoms. The molecule has 4 nitrogen and oxygen atoms in total. The number of rotatable bonds is 4. The van der Waals surface area contributed by atoms with Gasteiger partial charge in [-0.2, -0.15) is 0 Å². The molecule has 2 aliphatic rings. The summed E-state index contributed by atoms with van der Waals surface area (Å²) < 4.78 is 5.61. The lowest BCUT2D eigenvalue weighted by Crippen LogP contribution is -2.52. The Hall–Kier alpha value is -0.610.